The van der Waals surface area contributed by atoms with Gasteiger partial charge in [0, 0.05) is 10.4 Å². The highest BCUT2D eigenvalue weighted by atomic mass is 79.9. The minimum atomic E-state index is -0.205. The van der Waals surface area contributed by atoms with Crippen LogP contribution in [-0.2, 0) is 6.42 Å². The van der Waals surface area contributed by atoms with Crippen LogP contribution in [0.15, 0.2) is 53.0 Å². The average molecular weight is 308 g/mol. The van der Waals surface area contributed by atoms with Crippen molar-refractivity contribution in [2.75, 3.05) is 6.54 Å². The van der Waals surface area contributed by atoms with Gasteiger partial charge in [-0.1, -0.05) is 46.3 Å². The van der Waals surface area contributed by atoms with Crippen molar-refractivity contribution in [1.29, 1.82) is 0 Å². The van der Waals surface area contributed by atoms with Gasteiger partial charge >= 0.3 is 0 Å². The van der Waals surface area contributed by atoms with Gasteiger partial charge in [0.15, 0.2) is 0 Å². The van der Waals surface area contributed by atoms with Crippen molar-refractivity contribution in [3.63, 3.8) is 0 Å². The standard InChI is InChI=1S/C15H15BrFN/c16-15-4-2-1-3-14(15)12(10-18)9-11-5-7-13(17)8-6-11/h1-8,12H,9-10,18H2. The minimum absolute atomic E-state index is 0.205. The molecule has 0 radical (unpaired) electrons. The van der Waals surface area contributed by atoms with E-state index in [4.69, 9.17) is 5.73 Å². The van der Waals surface area contributed by atoms with Crippen LogP contribution >= 0.6 is 15.9 Å². The number of hydrogen-bond acceptors (Lipinski definition) is 1. The maximum Gasteiger partial charge on any atom is 0.123 e. The fourth-order valence-corrected chi connectivity index (χ4v) is 2.64. The largest absolute Gasteiger partial charge is 0.330 e. The van der Waals surface area contributed by atoms with E-state index in [0.29, 0.717) is 6.54 Å². The zero-order valence-corrected chi connectivity index (χ0v) is 11.5. The van der Waals surface area contributed by atoms with Crippen molar-refractivity contribution in [3.8, 4) is 0 Å². The van der Waals surface area contributed by atoms with E-state index in [2.05, 4.69) is 22.0 Å². The van der Waals surface area contributed by atoms with E-state index in [1.165, 1.54) is 17.7 Å². The van der Waals surface area contributed by atoms with E-state index in [1.54, 1.807) is 0 Å². The van der Waals surface area contributed by atoms with E-state index < -0.39 is 0 Å². The molecule has 0 fully saturated rings. The van der Waals surface area contributed by atoms with E-state index in [1.807, 2.05) is 30.3 Å². The summed E-state index contributed by atoms with van der Waals surface area (Å²) in [5.41, 5.74) is 8.15. The molecule has 2 aromatic carbocycles. The van der Waals surface area contributed by atoms with Crippen LogP contribution in [0.4, 0.5) is 4.39 Å². The maximum absolute atomic E-state index is 12.9. The first-order valence-electron chi connectivity index (χ1n) is 5.89. The van der Waals surface area contributed by atoms with Crippen molar-refractivity contribution in [2.24, 2.45) is 5.73 Å². The lowest BCUT2D eigenvalue weighted by molar-refractivity contribution is 0.625. The maximum atomic E-state index is 12.9. The highest BCUT2D eigenvalue weighted by Crippen LogP contribution is 2.27. The number of hydrogen-bond donors (Lipinski definition) is 1. The first-order valence-corrected chi connectivity index (χ1v) is 6.69. The van der Waals surface area contributed by atoms with E-state index in [-0.39, 0.29) is 11.7 Å². The van der Waals surface area contributed by atoms with Gasteiger partial charge in [0.05, 0.1) is 0 Å². The predicted octanol–water partition coefficient (Wildman–Crippen LogP) is 3.87. The molecule has 3 heteroatoms. The molecular weight excluding hydrogens is 293 g/mol. The summed E-state index contributed by atoms with van der Waals surface area (Å²) in [6.07, 6.45) is 0.819. The lowest BCUT2D eigenvalue weighted by Crippen LogP contribution is -2.15. The van der Waals surface area contributed by atoms with Gasteiger partial charge in [-0.05, 0) is 42.3 Å². The second kappa shape index (κ2) is 6.12. The first kappa shape index (κ1) is 13.2. The van der Waals surface area contributed by atoms with Crippen molar-refractivity contribution in [1.82, 2.24) is 0 Å². The molecule has 1 unspecified atom stereocenters. The van der Waals surface area contributed by atoms with Crippen LogP contribution in [0.2, 0.25) is 0 Å². The van der Waals surface area contributed by atoms with Gasteiger partial charge in [-0.25, -0.2) is 4.39 Å². The topological polar surface area (TPSA) is 26.0 Å². The Bertz CT molecular complexity index is 510. The third kappa shape index (κ3) is 3.18. The average Bonchev–Trinajstić information content (AvgIpc) is 2.39. The molecule has 0 bridgehead atoms. The number of nitrogens with two attached hydrogens (primary N) is 1. The molecule has 0 heterocycles. The van der Waals surface area contributed by atoms with Gasteiger partial charge in [0.25, 0.3) is 0 Å². The van der Waals surface area contributed by atoms with Crippen LogP contribution in [0.5, 0.6) is 0 Å². The second-order valence-electron chi connectivity index (χ2n) is 4.28. The summed E-state index contributed by atoms with van der Waals surface area (Å²) in [6.45, 7) is 0.569. The molecule has 2 rings (SSSR count). The minimum Gasteiger partial charge on any atom is -0.330 e. The Balaban J connectivity index is 2.20. The Kier molecular flexibility index (Phi) is 4.50. The van der Waals surface area contributed by atoms with Crippen LogP contribution in [-0.4, -0.2) is 6.54 Å². The van der Waals surface area contributed by atoms with Crippen LogP contribution in [0.1, 0.15) is 17.0 Å². The van der Waals surface area contributed by atoms with Crippen molar-refractivity contribution < 1.29 is 4.39 Å². The van der Waals surface area contributed by atoms with E-state index in [9.17, 15) is 4.39 Å². The number of rotatable bonds is 4. The highest BCUT2D eigenvalue weighted by Gasteiger charge is 2.13. The molecule has 2 N–H and O–H groups in total. The lowest BCUT2D eigenvalue weighted by atomic mass is 9.92. The first-order chi connectivity index (χ1) is 8.70. The van der Waals surface area contributed by atoms with Crippen molar-refractivity contribution >= 4 is 15.9 Å². The molecule has 0 aliphatic heterocycles. The smallest absolute Gasteiger partial charge is 0.123 e. The van der Waals surface area contributed by atoms with Gasteiger partial charge in [-0.2, -0.15) is 0 Å². The molecule has 1 nitrogen and oxygen atoms in total. The summed E-state index contributed by atoms with van der Waals surface area (Å²) in [4.78, 5) is 0. The Labute approximate surface area is 115 Å². The van der Waals surface area contributed by atoms with E-state index >= 15 is 0 Å². The second-order valence-corrected chi connectivity index (χ2v) is 5.14. The van der Waals surface area contributed by atoms with E-state index in [0.717, 1.165) is 16.5 Å². The fourth-order valence-electron chi connectivity index (χ4n) is 2.03. The number of benzene rings is 2. The third-order valence-electron chi connectivity index (χ3n) is 3.02. The van der Waals surface area contributed by atoms with Gasteiger partial charge in [0.1, 0.15) is 5.82 Å². The van der Waals surface area contributed by atoms with Crippen LogP contribution in [0.25, 0.3) is 0 Å². The van der Waals surface area contributed by atoms with Crippen LogP contribution < -0.4 is 5.73 Å². The van der Waals surface area contributed by atoms with Gasteiger partial charge in [0.2, 0.25) is 0 Å². The van der Waals surface area contributed by atoms with Gasteiger partial charge in [-0.3, -0.25) is 0 Å². The summed E-state index contributed by atoms with van der Waals surface area (Å²) >= 11 is 3.55. The Morgan fingerprint density at radius 2 is 1.72 bits per heavy atom. The highest BCUT2D eigenvalue weighted by molar-refractivity contribution is 9.10. The third-order valence-corrected chi connectivity index (χ3v) is 3.75. The molecule has 0 saturated heterocycles. The lowest BCUT2D eigenvalue weighted by Gasteiger charge is -2.17. The molecule has 1 atom stereocenters. The van der Waals surface area contributed by atoms with Crippen molar-refractivity contribution in [2.45, 2.75) is 12.3 Å². The quantitative estimate of drug-likeness (QED) is 0.911. The normalized spacial score (nSPS) is 12.4. The summed E-state index contributed by atoms with van der Waals surface area (Å²) in [5, 5.41) is 0. The molecule has 0 aliphatic carbocycles. The van der Waals surface area contributed by atoms with Gasteiger partial charge in [-0.15, -0.1) is 0 Å². The zero-order chi connectivity index (χ0) is 13.0. The molecular formula is C15H15BrFN. The molecule has 18 heavy (non-hydrogen) atoms. The number of halogens is 2. The summed E-state index contributed by atoms with van der Waals surface area (Å²) in [5.74, 6) is 0.0370. The summed E-state index contributed by atoms with van der Waals surface area (Å²) in [7, 11) is 0. The summed E-state index contributed by atoms with van der Waals surface area (Å²) < 4.78 is 13.9. The SMILES string of the molecule is NCC(Cc1ccc(F)cc1)c1ccccc1Br. The molecule has 0 aromatic heterocycles. The molecule has 0 saturated carbocycles. The fraction of sp³-hybridized carbons (Fsp3) is 0.200. The molecule has 94 valence electrons. The predicted molar refractivity (Wildman–Crippen MR) is 76.0 cm³/mol. The Morgan fingerprint density at radius 3 is 2.33 bits per heavy atom. The monoisotopic (exact) mass is 307 g/mol. The van der Waals surface area contributed by atoms with Gasteiger partial charge < -0.3 is 5.73 Å². The summed E-state index contributed by atoms with van der Waals surface area (Å²) in [6, 6.07) is 14.7. The van der Waals surface area contributed by atoms with Crippen LogP contribution in [0.3, 0.4) is 0 Å². The van der Waals surface area contributed by atoms with Crippen molar-refractivity contribution in [3.05, 3.63) is 69.9 Å². The van der Waals surface area contributed by atoms with Crippen LogP contribution in [0, 0.1) is 5.82 Å². The Morgan fingerprint density at radius 1 is 1.06 bits per heavy atom. The molecule has 0 spiro atoms. The molecule has 2 aromatic rings. The molecule has 0 aliphatic rings. The zero-order valence-electron chi connectivity index (χ0n) is 9.94. The molecule has 0 amide bonds. The Hall–Kier alpha value is -1.19.